The van der Waals surface area contributed by atoms with Gasteiger partial charge in [0.05, 0.1) is 38.1 Å². The van der Waals surface area contributed by atoms with E-state index in [0.717, 1.165) is 62.5 Å². The molecule has 2 aromatic rings. The van der Waals surface area contributed by atoms with Gasteiger partial charge in [-0.1, -0.05) is 107 Å². The number of allylic oxidation sites excluding steroid dienone is 1. The first-order valence-electron chi connectivity index (χ1n) is 23.8. The minimum absolute atomic E-state index is 0.0265. The van der Waals surface area contributed by atoms with Gasteiger partial charge in [-0.25, -0.2) is 4.39 Å². The summed E-state index contributed by atoms with van der Waals surface area (Å²) in [6.07, 6.45) is 19.4. The van der Waals surface area contributed by atoms with E-state index in [0.29, 0.717) is 48.5 Å². The van der Waals surface area contributed by atoms with Crippen LogP contribution in [-0.4, -0.2) is 97.0 Å². The third kappa shape index (κ3) is 13.4. The second-order valence-corrected chi connectivity index (χ2v) is 17.3. The smallest absolute Gasteiger partial charge is 0.239 e. The first-order valence-corrected chi connectivity index (χ1v) is 23.8. The molecule has 11 nitrogen and oxygen atoms in total. The molecule has 5 rings (SSSR count). The van der Waals surface area contributed by atoms with Crippen LogP contribution in [0.4, 0.5) is 4.39 Å². The number of amides is 1. The second-order valence-electron chi connectivity index (χ2n) is 17.3. The molecule has 0 saturated heterocycles. The highest BCUT2D eigenvalue weighted by Gasteiger charge is 2.65. The fraction of sp³-hybridized carbons (Fsp3) is 0.647. The van der Waals surface area contributed by atoms with E-state index < -0.39 is 17.7 Å². The normalized spacial score (nSPS) is 23.0. The minimum Gasteiger partial charge on any atom is -0.489 e. The molecular formula is C51H75FN2O9. The van der Waals surface area contributed by atoms with Crippen molar-refractivity contribution in [1.82, 2.24) is 4.90 Å². The Bertz CT molecular complexity index is 1750. The van der Waals surface area contributed by atoms with Crippen molar-refractivity contribution in [2.45, 2.75) is 140 Å². The minimum atomic E-state index is -1.39. The van der Waals surface area contributed by atoms with Crippen molar-refractivity contribution in [2.75, 3.05) is 53.3 Å². The highest BCUT2D eigenvalue weighted by Crippen LogP contribution is 2.62. The molecule has 63 heavy (non-hydrogen) atoms. The average Bonchev–Trinajstić information content (AvgIpc) is 3.29. The predicted molar refractivity (Wildman–Crippen MR) is 244 cm³/mol. The lowest BCUT2D eigenvalue weighted by Crippen LogP contribution is -2.70. The Morgan fingerprint density at radius 1 is 0.937 bits per heavy atom. The van der Waals surface area contributed by atoms with Crippen molar-refractivity contribution in [2.24, 2.45) is 22.9 Å². The van der Waals surface area contributed by atoms with Gasteiger partial charge >= 0.3 is 0 Å². The van der Waals surface area contributed by atoms with Crippen molar-refractivity contribution in [3.8, 4) is 11.5 Å². The molecule has 350 valence electrons. The number of aliphatic hydroxyl groups excluding tert-OH is 3. The Morgan fingerprint density at radius 3 is 2.37 bits per heavy atom. The van der Waals surface area contributed by atoms with Crippen LogP contribution in [-0.2, 0) is 25.7 Å². The molecule has 2 aromatic carbocycles. The Hall–Kier alpha value is -3.81. The summed E-state index contributed by atoms with van der Waals surface area (Å²) in [6.45, 7) is 7.12. The molecule has 3 aliphatic rings. The van der Waals surface area contributed by atoms with Crippen LogP contribution in [0.15, 0.2) is 71.9 Å². The number of oxime groups is 1. The zero-order valence-corrected chi connectivity index (χ0v) is 38.0. The molecule has 1 amide bonds. The van der Waals surface area contributed by atoms with Crippen LogP contribution >= 0.6 is 0 Å². The SMILES string of the molecule is C=CCO[C@@]12Oc3ccc(OCc4ccccc4F)cc3[C@H]3[C@H](CCCCO)[C@@H](CCCCO)C=C(C(=NOC)C[C@@H]1N(CCOCCO)C(=O)CCCCCCCCCCC)[C@H]32. The van der Waals surface area contributed by atoms with Gasteiger partial charge in [0.15, 0.2) is 0 Å². The van der Waals surface area contributed by atoms with Gasteiger partial charge in [-0.2, -0.15) is 0 Å². The third-order valence-electron chi connectivity index (χ3n) is 13.1. The number of hydrogen-bond acceptors (Lipinski definition) is 10. The van der Waals surface area contributed by atoms with Gasteiger partial charge < -0.3 is 44.0 Å². The highest BCUT2D eigenvalue weighted by molar-refractivity contribution is 6.03. The summed E-state index contributed by atoms with van der Waals surface area (Å²) in [4.78, 5) is 22.2. The van der Waals surface area contributed by atoms with Crippen molar-refractivity contribution >= 4 is 11.6 Å². The van der Waals surface area contributed by atoms with Crippen molar-refractivity contribution < 1.29 is 48.3 Å². The molecule has 6 atom stereocenters. The van der Waals surface area contributed by atoms with Gasteiger partial charge in [0.1, 0.15) is 37.1 Å². The summed E-state index contributed by atoms with van der Waals surface area (Å²) in [7, 11) is 1.54. The van der Waals surface area contributed by atoms with Gasteiger partial charge in [-0.15, -0.1) is 6.58 Å². The standard InChI is InChI=1S/C51H75FN2O9/c1-4-6-7-8-9-10-11-12-13-24-48(58)54(27-32-60-33-30-57)47-36-45(53-59-3)42-34-38(20-16-18-28-55)41(22-17-19-29-56)49-43-35-40(61-37-39-21-14-15-23-44(39)52)25-26-46(43)63-51(47,50(42)49)62-31-5-2/h5,14-15,21,23,25-26,34-35,38,41,47,49-50,55-57H,2,4,6-13,16-20,22,24,27-33,36-37H2,1,3H3/t38-,41+,47-,49+,50+,51+/m0/s1. The number of nitrogens with zero attached hydrogens (tertiary/aromatic N) is 2. The van der Waals surface area contributed by atoms with Crippen LogP contribution in [0.2, 0.25) is 0 Å². The molecule has 1 aliphatic heterocycles. The molecule has 1 heterocycles. The first-order chi connectivity index (χ1) is 30.9. The van der Waals surface area contributed by atoms with E-state index in [-0.39, 0.29) is 82.3 Å². The maximum Gasteiger partial charge on any atom is 0.239 e. The number of ether oxygens (including phenoxy) is 4. The largest absolute Gasteiger partial charge is 0.489 e. The third-order valence-corrected chi connectivity index (χ3v) is 13.1. The zero-order chi connectivity index (χ0) is 44.9. The summed E-state index contributed by atoms with van der Waals surface area (Å²) in [5, 5.41) is 34.1. The van der Waals surface area contributed by atoms with E-state index in [1.165, 1.54) is 45.3 Å². The number of aliphatic hydroxyl groups is 3. The fourth-order valence-electron chi connectivity index (χ4n) is 10.1. The monoisotopic (exact) mass is 879 g/mol. The summed E-state index contributed by atoms with van der Waals surface area (Å²) in [5.41, 5.74) is 3.03. The Morgan fingerprint density at radius 2 is 1.67 bits per heavy atom. The van der Waals surface area contributed by atoms with Gasteiger partial charge in [0.2, 0.25) is 11.7 Å². The molecule has 1 fully saturated rings. The van der Waals surface area contributed by atoms with E-state index in [1.54, 1.807) is 24.3 Å². The van der Waals surface area contributed by atoms with E-state index >= 15 is 0 Å². The number of halogens is 1. The van der Waals surface area contributed by atoms with E-state index in [4.69, 9.17) is 23.8 Å². The van der Waals surface area contributed by atoms with Crippen LogP contribution in [0.3, 0.4) is 0 Å². The molecule has 0 unspecified atom stereocenters. The number of carbonyl (C=O) groups is 1. The van der Waals surface area contributed by atoms with Crippen LogP contribution in [0.25, 0.3) is 0 Å². The molecule has 0 spiro atoms. The van der Waals surface area contributed by atoms with Crippen LogP contribution in [0.1, 0.15) is 133 Å². The molecule has 0 radical (unpaired) electrons. The van der Waals surface area contributed by atoms with Gasteiger partial charge in [-0.05, 0) is 73.8 Å². The Kier molecular flexibility index (Phi) is 21.4. The van der Waals surface area contributed by atoms with Gasteiger partial charge in [0, 0.05) is 49.6 Å². The fourth-order valence-corrected chi connectivity index (χ4v) is 10.1. The molecule has 12 heteroatoms. The van der Waals surface area contributed by atoms with Gasteiger partial charge in [0.25, 0.3) is 0 Å². The summed E-state index contributed by atoms with van der Waals surface area (Å²) in [6, 6.07) is 11.7. The lowest BCUT2D eigenvalue weighted by atomic mass is 9.55. The summed E-state index contributed by atoms with van der Waals surface area (Å²) in [5.74, 6) is -1.14. The van der Waals surface area contributed by atoms with Crippen molar-refractivity contribution in [3.63, 3.8) is 0 Å². The number of fused-ring (bicyclic) bond motifs is 2. The number of carbonyl (C=O) groups excluding carboxylic acids is 1. The van der Waals surface area contributed by atoms with E-state index in [1.807, 2.05) is 23.1 Å². The maximum absolute atomic E-state index is 14.8. The molecular weight excluding hydrogens is 804 g/mol. The lowest BCUT2D eigenvalue weighted by Gasteiger charge is -2.60. The van der Waals surface area contributed by atoms with Crippen molar-refractivity contribution in [3.05, 3.63) is 83.7 Å². The molecule has 3 N–H and O–H groups in total. The average molecular weight is 879 g/mol. The molecule has 1 saturated carbocycles. The quantitative estimate of drug-likeness (QED) is 0.0384. The summed E-state index contributed by atoms with van der Waals surface area (Å²) < 4.78 is 41.3. The first kappa shape index (κ1) is 50.2. The molecule has 2 aliphatic carbocycles. The number of hydrogen-bond donors (Lipinski definition) is 3. The van der Waals surface area contributed by atoms with Crippen LogP contribution in [0, 0.1) is 23.6 Å². The highest BCUT2D eigenvalue weighted by atomic mass is 19.1. The topological polar surface area (TPSA) is 140 Å². The predicted octanol–water partition coefficient (Wildman–Crippen LogP) is 9.43. The zero-order valence-electron chi connectivity index (χ0n) is 38.0. The van der Waals surface area contributed by atoms with E-state index in [9.17, 15) is 24.5 Å². The lowest BCUT2D eigenvalue weighted by molar-refractivity contribution is -0.258. The number of rotatable bonds is 31. The van der Waals surface area contributed by atoms with Crippen molar-refractivity contribution in [1.29, 1.82) is 0 Å². The Balaban J connectivity index is 1.61. The van der Waals surface area contributed by atoms with E-state index in [2.05, 4.69) is 24.7 Å². The number of unbranched alkanes of at least 4 members (excludes halogenated alkanes) is 10. The molecule has 0 bridgehead atoms. The van der Waals surface area contributed by atoms with Gasteiger partial charge in [-0.3, -0.25) is 4.79 Å². The maximum atomic E-state index is 14.8. The molecule has 0 aromatic heterocycles. The summed E-state index contributed by atoms with van der Waals surface area (Å²) >= 11 is 0. The van der Waals surface area contributed by atoms with Crippen LogP contribution in [0.5, 0.6) is 11.5 Å². The number of benzene rings is 2. The Labute approximate surface area is 375 Å². The van der Waals surface area contributed by atoms with Crippen LogP contribution < -0.4 is 9.47 Å². The second kappa shape index (κ2) is 26.9.